The zero-order chi connectivity index (χ0) is 19.8. The number of Topliss-reactive ketones (excluding diaryl/α,β-unsaturated/α-hetero) is 1. The number of sulfonamides is 1. The van der Waals surface area contributed by atoms with Crippen LogP contribution in [0.1, 0.15) is 10.4 Å². The maximum atomic E-state index is 12.2. The van der Waals surface area contributed by atoms with E-state index in [1.54, 1.807) is 0 Å². The minimum atomic E-state index is -3.58. The Bertz CT molecular complexity index is 1120. The highest BCUT2D eigenvalue weighted by molar-refractivity contribution is 7.99. The van der Waals surface area contributed by atoms with Gasteiger partial charge in [-0.2, -0.15) is 0 Å². The standard InChI is InChI=1S/C17H16N2O6S2/c1-19(2)27(23,24)11-4-6-16-12(8-11)18-17(25-16)26-9-15(22)10-3-5-13(20)14(21)7-10/h3-8,20-21H,9H2,1-2H3. The first-order valence-electron chi connectivity index (χ1n) is 7.69. The summed E-state index contributed by atoms with van der Waals surface area (Å²) < 4.78 is 31.0. The van der Waals surface area contributed by atoms with Crippen molar-refractivity contribution in [3.8, 4) is 11.5 Å². The van der Waals surface area contributed by atoms with Gasteiger partial charge in [-0.15, -0.1) is 0 Å². The van der Waals surface area contributed by atoms with Crippen LogP contribution in [-0.4, -0.2) is 53.6 Å². The maximum Gasteiger partial charge on any atom is 0.257 e. The van der Waals surface area contributed by atoms with E-state index in [-0.39, 0.29) is 38.7 Å². The van der Waals surface area contributed by atoms with Gasteiger partial charge in [0, 0.05) is 19.7 Å². The third-order valence-electron chi connectivity index (χ3n) is 3.74. The zero-order valence-corrected chi connectivity index (χ0v) is 16.0. The molecule has 0 saturated heterocycles. The van der Waals surface area contributed by atoms with E-state index in [0.717, 1.165) is 16.1 Å². The molecule has 0 bridgehead atoms. The van der Waals surface area contributed by atoms with Crippen molar-refractivity contribution in [1.29, 1.82) is 0 Å². The van der Waals surface area contributed by atoms with E-state index in [2.05, 4.69) is 4.98 Å². The Balaban J connectivity index is 1.78. The Morgan fingerprint density at radius 2 is 1.89 bits per heavy atom. The van der Waals surface area contributed by atoms with Crippen molar-refractivity contribution in [2.45, 2.75) is 10.1 Å². The minimum absolute atomic E-state index is 0.000108. The van der Waals surface area contributed by atoms with E-state index in [0.29, 0.717) is 11.1 Å². The molecular formula is C17H16N2O6S2. The lowest BCUT2D eigenvalue weighted by molar-refractivity contribution is 0.102. The van der Waals surface area contributed by atoms with Gasteiger partial charge in [0.25, 0.3) is 5.22 Å². The van der Waals surface area contributed by atoms with Gasteiger partial charge in [-0.25, -0.2) is 17.7 Å². The zero-order valence-electron chi connectivity index (χ0n) is 14.4. The van der Waals surface area contributed by atoms with E-state index in [9.17, 15) is 23.4 Å². The number of ketones is 1. The summed E-state index contributed by atoms with van der Waals surface area (Å²) in [4.78, 5) is 16.5. The number of phenolic OH excluding ortho intramolecular Hbond substituents is 2. The Labute approximate surface area is 159 Å². The fourth-order valence-electron chi connectivity index (χ4n) is 2.23. The first kappa shape index (κ1) is 19.2. The van der Waals surface area contributed by atoms with Crippen LogP contribution in [-0.2, 0) is 10.0 Å². The molecule has 0 fully saturated rings. The summed E-state index contributed by atoms with van der Waals surface area (Å²) >= 11 is 1.05. The fourth-order valence-corrected chi connectivity index (χ4v) is 3.88. The lowest BCUT2D eigenvalue weighted by Gasteiger charge is -2.10. The van der Waals surface area contributed by atoms with Gasteiger partial charge in [-0.3, -0.25) is 4.79 Å². The second-order valence-corrected chi connectivity index (χ2v) is 8.89. The molecule has 2 aromatic carbocycles. The molecule has 0 atom stereocenters. The molecular weight excluding hydrogens is 392 g/mol. The smallest absolute Gasteiger partial charge is 0.257 e. The quantitative estimate of drug-likeness (QED) is 0.362. The molecule has 0 aliphatic rings. The van der Waals surface area contributed by atoms with Crippen molar-refractivity contribution < 1.29 is 27.8 Å². The van der Waals surface area contributed by atoms with Crippen LogP contribution in [0, 0.1) is 0 Å². The molecule has 27 heavy (non-hydrogen) atoms. The SMILES string of the molecule is CN(C)S(=O)(=O)c1ccc2oc(SCC(=O)c3ccc(O)c(O)c3)nc2c1. The minimum Gasteiger partial charge on any atom is -0.504 e. The highest BCUT2D eigenvalue weighted by atomic mass is 32.2. The van der Waals surface area contributed by atoms with E-state index in [4.69, 9.17) is 4.42 Å². The molecule has 3 aromatic rings. The van der Waals surface area contributed by atoms with Gasteiger partial charge in [0.1, 0.15) is 5.52 Å². The number of rotatable bonds is 6. The third-order valence-corrected chi connectivity index (χ3v) is 6.38. The number of hydrogen-bond acceptors (Lipinski definition) is 8. The van der Waals surface area contributed by atoms with Gasteiger partial charge in [0.05, 0.1) is 10.6 Å². The average molecular weight is 408 g/mol. The summed E-state index contributed by atoms with van der Waals surface area (Å²) in [7, 11) is -0.700. The predicted octanol–water partition coefficient (Wildman–Crippen LogP) is 2.46. The number of thioether (sulfide) groups is 1. The molecule has 0 saturated carbocycles. The lowest BCUT2D eigenvalue weighted by Crippen LogP contribution is -2.22. The molecule has 1 heterocycles. The van der Waals surface area contributed by atoms with Gasteiger partial charge < -0.3 is 14.6 Å². The number of aromatic hydroxyl groups is 2. The molecule has 8 nitrogen and oxygen atoms in total. The molecule has 0 aliphatic carbocycles. The summed E-state index contributed by atoms with van der Waals surface area (Å²) in [6.45, 7) is 0. The largest absolute Gasteiger partial charge is 0.504 e. The van der Waals surface area contributed by atoms with Gasteiger partial charge >= 0.3 is 0 Å². The van der Waals surface area contributed by atoms with Crippen molar-refractivity contribution in [3.63, 3.8) is 0 Å². The van der Waals surface area contributed by atoms with Crippen LogP contribution in [0.15, 0.2) is 50.9 Å². The second-order valence-electron chi connectivity index (χ2n) is 5.81. The van der Waals surface area contributed by atoms with Gasteiger partial charge in [0.15, 0.2) is 22.9 Å². The molecule has 2 N–H and O–H groups in total. The molecule has 0 aliphatic heterocycles. The summed E-state index contributed by atoms with van der Waals surface area (Å²) in [5.41, 5.74) is 1.02. The van der Waals surface area contributed by atoms with Crippen LogP contribution >= 0.6 is 11.8 Å². The summed E-state index contributed by atoms with van der Waals surface area (Å²) in [6, 6.07) is 8.19. The van der Waals surface area contributed by atoms with Gasteiger partial charge in [0.2, 0.25) is 10.0 Å². The van der Waals surface area contributed by atoms with Crippen molar-refractivity contribution in [2.24, 2.45) is 0 Å². The summed E-state index contributed by atoms with van der Waals surface area (Å²) in [6.07, 6.45) is 0. The molecule has 0 amide bonds. The highest BCUT2D eigenvalue weighted by Crippen LogP contribution is 2.28. The van der Waals surface area contributed by atoms with Gasteiger partial charge in [-0.05, 0) is 36.4 Å². The van der Waals surface area contributed by atoms with Crippen molar-refractivity contribution in [1.82, 2.24) is 9.29 Å². The van der Waals surface area contributed by atoms with Crippen LogP contribution in [0.3, 0.4) is 0 Å². The van der Waals surface area contributed by atoms with E-state index < -0.39 is 10.0 Å². The summed E-state index contributed by atoms with van der Waals surface area (Å²) in [5, 5.41) is 19.0. The lowest BCUT2D eigenvalue weighted by atomic mass is 10.1. The molecule has 0 spiro atoms. The number of nitrogens with zero attached hydrogens (tertiary/aromatic N) is 2. The number of hydrogen-bond donors (Lipinski definition) is 2. The van der Waals surface area contributed by atoms with Crippen LogP contribution in [0.2, 0.25) is 0 Å². The Kier molecular flexibility index (Phi) is 5.13. The first-order chi connectivity index (χ1) is 12.7. The van der Waals surface area contributed by atoms with Crippen LogP contribution in [0.5, 0.6) is 11.5 Å². The first-order valence-corrected chi connectivity index (χ1v) is 10.1. The number of carbonyl (C=O) groups is 1. The van der Waals surface area contributed by atoms with Crippen molar-refractivity contribution in [3.05, 3.63) is 42.0 Å². The number of benzene rings is 2. The highest BCUT2D eigenvalue weighted by Gasteiger charge is 2.19. The number of phenols is 2. The maximum absolute atomic E-state index is 12.2. The Hall–Kier alpha value is -2.56. The Morgan fingerprint density at radius 1 is 1.15 bits per heavy atom. The van der Waals surface area contributed by atoms with E-state index in [1.807, 2.05) is 0 Å². The molecule has 1 aromatic heterocycles. The van der Waals surface area contributed by atoms with Crippen molar-refractivity contribution in [2.75, 3.05) is 19.8 Å². The number of oxazole rings is 1. The molecule has 3 rings (SSSR count). The molecule has 0 radical (unpaired) electrons. The van der Waals surface area contributed by atoms with Gasteiger partial charge in [-0.1, -0.05) is 11.8 Å². The van der Waals surface area contributed by atoms with Crippen LogP contribution in [0.25, 0.3) is 11.1 Å². The second kappa shape index (κ2) is 7.22. The Morgan fingerprint density at radius 3 is 2.56 bits per heavy atom. The van der Waals surface area contributed by atoms with Crippen LogP contribution < -0.4 is 0 Å². The number of aromatic nitrogens is 1. The molecule has 10 heteroatoms. The number of carbonyl (C=O) groups excluding carboxylic acids is 1. The number of fused-ring (bicyclic) bond motifs is 1. The topological polar surface area (TPSA) is 121 Å². The fraction of sp³-hybridized carbons (Fsp3) is 0.176. The molecule has 142 valence electrons. The summed E-state index contributed by atoms with van der Waals surface area (Å²) in [5.74, 6) is -0.961. The van der Waals surface area contributed by atoms with Crippen LogP contribution in [0.4, 0.5) is 0 Å². The monoisotopic (exact) mass is 408 g/mol. The van der Waals surface area contributed by atoms with E-state index >= 15 is 0 Å². The predicted molar refractivity (Wildman–Crippen MR) is 99.7 cm³/mol. The van der Waals surface area contributed by atoms with Crippen molar-refractivity contribution >= 4 is 38.7 Å². The molecule has 0 unspecified atom stereocenters. The van der Waals surface area contributed by atoms with E-state index in [1.165, 1.54) is 50.5 Å². The third kappa shape index (κ3) is 3.92. The average Bonchev–Trinajstić information content (AvgIpc) is 3.03. The normalized spacial score (nSPS) is 12.0.